The molecule has 1 aliphatic carbocycles. The molecular formula is C19H22ClF3N2O3. The van der Waals surface area contributed by atoms with E-state index in [9.17, 15) is 23.1 Å². The number of aryl methyl sites for hydroxylation is 1. The van der Waals surface area contributed by atoms with E-state index in [1.54, 1.807) is 19.1 Å². The summed E-state index contributed by atoms with van der Waals surface area (Å²) < 4.78 is 46.1. The molecule has 0 aromatic heterocycles. The lowest BCUT2D eigenvalue weighted by Crippen LogP contribution is -2.57. The van der Waals surface area contributed by atoms with Crippen LogP contribution in [0.1, 0.15) is 44.1 Å². The maximum absolute atomic E-state index is 13.6. The van der Waals surface area contributed by atoms with Crippen molar-refractivity contribution in [1.29, 1.82) is 0 Å². The number of carbonyl (C=O) groups is 1. The highest BCUT2D eigenvalue weighted by molar-refractivity contribution is 6.31. The summed E-state index contributed by atoms with van der Waals surface area (Å²) in [5.74, 6) is -0.903. The largest absolute Gasteiger partial charge is 0.484 e. The average molecular weight is 419 g/mol. The molecule has 1 N–H and O–H groups in total. The monoisotopic (exact) mass is 418 g/mol. The number of hydrazone groups is 1. The number of halogens is 4. The van der Waals surface area contributed by atoms with Crippen LogP contribution < -0.4 is 4.74 Å². The lowest BCUT2D eigenvalue weighted by Gasteiger charge is -2.32. The third-order valence-electron chi connectivity index (χ3n) is 5.26. The van der Waals surface area contributed by atoms with E-state index in [4.69, 9.17) is 16.3 Å². The van der Waals surface area contributed by atoms with Gasteiger partial charge in [0.25, 0.3) is 11.6 Å². The average Bonchev–Trinajstić information content (AvgIpc) is 3.02. The van der Waals surface area contributed by atoms with E-state index in [0.29, 0.717) is 16.3 Å². The number of aliphatic hydroxyl groups is 1. The molecule has 1 atom stereocenters. The SMILES string of the molecule is Cc1cc(OCC(=O)N2N=C(C3CCCCC3)C[C@]2(O)C(F)(F)F)ccc1Cl. The van der Waals surface area contributed by atoms with Crippen molar-refractivity contribution in [3.63, 3.8) is 0 Å². The Morgan fingerprint density at radius 2 is 2.04 bits per heavy atom. The lowest BCUT2D eigenvalue weighted by atomic mass is 9.83. The maximum Gasteiger partial charge on any atom is 0.438 e. The first-order valence-corrected chi connectivity index (χ1v) is 9.58. The van der Waals surface area contributed by atoms with Crippen molar-refractivity contribution in [2.45, 2.75) is 57.3 Å². The number of hydrogen-bond acceptors (Lipinski definition) is 4. The standard InChI is InChI=1S/C19H22ClF3N2O3/c1-12-9-14(7-8-15(12)20)28-11-17(26)25-18(27,19(21,22)23)10-16(24-25)13-5-3-2-4-6-13/h7-9,13,27H,2-6,10-11H2,1H3/t18-/m0/s1. The quantitative estimate of drug-likeness (QED) is 0.786. The minimum Gasteiger partial charge on any atom is -0.484 e. The Morgan fingerprint density at radius 3 is 2.64 bits per heavy atom. The molecule has 1 amide bonds. The van der Waals surface area contributed by atoms with Crippen LogP contribution in [0.3, 0.4) is 0 Å². The number of benzene rings is 1. The number of ether oxygens (including phenoxy) is 1. The topological polar surface area (TPSA) is 62.1 Å². The number of amides is 1. The maximum atomic E-state index is 13.6. The van der Waals surface area contributed by atoms with Gasteiger partial charge in [-0.05, 0) is 49.4 Å². The second-order valence-corrected chi connectivity index (χ2v) is 7.73. The molecule has 2 aliphatic rings. The minimum absolute atomic E-state index is 0.139. The molecule has 1 aromatic carbocycles. The molecule has 0 unspecified atom stereocenters. The van der Waals surface area contributed by atoms with Gasteiger partial charge in [0.15, 0.2) is 6.61 Å². The van der Waals surface area contributed by atoms with Gasteiger partial charge in [-0.1, -0.05) is 30.9 Å². The van der Waals surface area contributed by atoms with Crippen molar-refractivity contribution in [3.05, 3.63) is 28.8 Å². The Kier molecular flexibility index (Phi) is 5.91. The van der Waals surface area contributed by atoms with Crippen LogP contribution in [0.15, 0.2) is 23.3 Å². The summed E-state index contributed by atoms with van der Waals surface area (Å²) in [5.41, 5.74) is -2.40. The molecule has 0 bridgehead atoms. The molecule has 1 fully saturated rings. The van der Waals surface area contributed by atoms with Gasteiger partial charge in [0.1, 0.15) is 5.75 Å². The first-order valence-electron chi connectivity index (χ1n) is 9.20. The number of nitrogens with zero attached hydrogens (tertiary/aromatic N) is 2. The van der Waals surface area contributed by atoms with Crippen molar-refractivity contribution in [2.75, 3.05) is 6.61 Å². The highest BCUT2D eigenvalue weighted by atomic mass is 35.5. The van der Waals surface area contributed by atoms with E-state index in [0.717, 1.165) is 32.1 Å². The van der Waals surface area contributed by atoms with Crippen molar-refractivity contribution in [2.24, 2.45) is 11.0 Å². The van der Waals surface area contributed by atoms with E-state index < -0.39 is 30.8 Å². The van der Waals surface area contributed by atoms with Crippen LogP contribution in [0, 0.1) is 12.8 Å². The third-order valence-corrected chi connectivity index (χ3v) is 5.69. The van der Waals surface area contributed by atoms with Crippen LogP contribution in [0.25, 0.3) is 0 Å². The first kappa shape index (κ1) is 20.9. The van der Waals surface area contributed by atoms with Crippen LogP contribution >= 0.6 is 11.6 Å². The summed E-state index contributed by atoms with van der Waals surface area (Å²) in [7, 11) is 0. The van der Waals surface area contributed by atoms with Gasteiger partial charge >= 0.3 is 6.18 Å². The molecule has 1 saturated carbocycles. The molecule has 9 heteroatoms. The molecule has 0 saturated heterocycles. The summed E-state index contributed by atoms with van der Waals surface area (Å²) in [6, 6.07) is 4.66. The van der Waals surface area contributed by atoms with Gasteiger partial charge < -0.3 is 9.84 Å². The second-order valence-electron chi connectivity index (χ2n) is 7.32. The molecule has 5 nitrogen and oxygen atoms in total. The summed E-state index contributed by atoms with van der Waals surface area (Å²) in [4.78, 5) is 12.5. The van der Waals surface area contributed by atoms with E-state index in [1.807, 2.05) is 0 Å². The smallest absolute Gasteiger partial charge is 0.438 e. The summed E-state index contributed by atoms with van der Waals surface area (Å²) >= 11 is 5.92. The number of rotatable bonds is 4. The van der Waals surface area contributed by atoms with Crippen molar-refractivity contribution in [3.8, 4) is 5.75 Å². The highest BCUT2D eigenvalue weighted by Gasteiger charge is 2.63. The van der Waals surface area contributed by atoms with Crippen LogP contribution in [0.4, 0.5) is 13.2 Å². The normalized spacial score (nSPS) is 23.6. The number of alkyl halides is 3. The summed E-state index contributed by atoms with van der Waals surface area (Å²) in [5, 5.41) is 14.9. The van der Waals surface area contributed by atoms with E-state index in [1.165, 1.54) is 6.07 Å². The van der Waals surface area contributed by atoms with Crippen LogP contribution in [-0.4, -0.2) is 40.2 Å². The molecule has 1 aliphatic heterocycles. The number of hydrogen-bond donors (Lipinski definition) is 1. The van der Waals surface area contributed by atoms with Gasteiger partial charge in [-0.3, -0.25) is 4.79 Å². The fourth-order valence-corrected chi connectivity index (χ4v) is 3.75. The molecule has 154 valence electrons. The Morgan fingerprint density at radius 1 is 1.36 bits per heavy atom. The van der Waals surface area contributed by atoms with Crippen molar-refractivity contribution < 1.29 is 27.8 Å². The molecular weight excluding hydrogens is 397 g/mol. The predicted octanol–water partition coefficient (Wildman–Crippen LogP) is 4.45. The van der Waals surface area contributed by atoms with Gasteiger partial charge in [0, 0.05) is 17.2 Å². The lowest BCUT2D eigenvalue weighted by molar-refractivity contribution is -0.302. The second kappa shape index (κ2) is 7.91. The molecule has 1 heterocycles. The molecule has 3 rings (SSSR count). The number of carbonyl (C=O) groups excluding carboxylic acids is 1. The minimum atomic E-state index is -5.03. The highest BCUT2D eigenvalue weighted by Crippen LogP contribution is 2.43. The third kappa shape index (κ3) is 4.12. The fraction of sp³-hybridized carbons (Fsp3) is 0.579. The zero-order valence-corrected chi connectivity index (χ0v) is 16.2. The molecule has 1 aromatic rings. The predicted molar refractivity (Wildman–Crippen MR) is 98.2 cm³/mol. The van der Waals surface area contributed by atoms with Gasteiger partial charge in [-0.25, -0.2) is 0 Å². The van der Waals surface area contributed by atoms with E-state index >= 15 is 0 Å². The molecule has 0 spiro atoms. The Balaban J connectivity index is 1.77. The zero-order valence-electron chi connectivity index (χ0n) is 15.4. The first-order chi connectivity index (χ1) is 13.1. The Labute approximate surface area is 166 Å². The molecule has 0 radical (unpaired) electrons. The summed E-state index contributed by atoms with van der Waals surface area (Å²) in [6.07, 6.45) is -1.47. The van der Waals surface area contributed by atoms with Gasteiger partial charge in [0.05, 0.1) is 0 Å². The van der Waals surface area contributed by atoms with Gasteiger partial charge in [0.2, 0.25) is 0 Å². The zero-order chi connectivity index (χ0) is 20.5. The van der Waals surface area contributed by atoms with Crippen LogP contribution in [-0.2, 0) is 4.79 Å². The summed E-state index contributed by atoms with van der Waals surface area (Å²) in [6.45, 7) is 1.06. The van der Waals surface area contributed by atoms with Crippen molar-refractivity contribution >= 4 is 23.2 Å². The fourth-order valence-electron chi connectivity index (χ4n) is 3.63. The van der Waals surface area contributed by atoms with Crippen LogP contribution in [0.5, 0.6) is 5.75 Å². The van der Waals surface area contributed by atoms with E-state index in [-0.39, 0.29) is 16.6 Å². The van der Waals surface area contributed by atoms with E-state index in [2.05, 4.69) is 5.10 Å². The van der Waals surface area contributed by atoms with Gasteiger partial charge in [-0.2, -0.15) is 23.3 Å². The van der Waals surface area contributed by atoms with Crippen molar-refractivity contribution in [1.82, 2.24) is 5.01 Å². The molecule has 28 heavy (non-hydrogen) atoms. The van der Waals surface area contributed by atoms with Crippen LogP contribution in [0.2, 0.25) is 5.02 Å². The Hall–Kier alpha value is -1.80. The van der Waals surface area contributed by atoms with Gasteiger partial charge in [-0.15, -0.1) is 0 Å². The Bertz CT molecular complexity index is 778.